The van der Waals surface area contributed by atoms with E-state index in [1.54, 1.807) is 43.5 Å². The topological polar surface area (TPSA) is 122 Å². The maximum Gasteiger partial charge on any atom is 0.335 e. The van der Waals surface area contributed by atoms with E-state index in [1.807, 2.05) is 12.1 Å². The van der Waals surface area contributed by atoms with Crippen molar-refractivity contribution in [3.8, 4) is 5.75 Å². The summed E-state index contributed by atoms with van der Waals surface area (Å²) in [5.41, 5.74) is 2.13. The van der Waals surface area contributed by atoms with Crippen molar-refractivity contribution in [1.82, 2.24) is 4.90 Å². The number of non-ortho nitro benzene ring substituents is 1. The number of nitro groups is 1. The molecule has 1 saturated heterocycles. The van der Waals surface area contributed by atoms with Crippen LogP contribution in [-0.4, -0.2) is 39.0 Å². The molecule has 1 fully saturated rings. The van der Waals surface area contributed by atoms with Gasteiger partial charge in [-0.25, -0.2) is 9.79 Å². The lowest BCUT2D eigenvalue weighted by molar-refractivity contribution is -0.384. The maximum atomic E-state index is 12.7. The number of likely N-dealkylation sites (N-methyl/N-ethyl adjacent to an activating group) is 1. The predicted molar refractivity (Wildman–Crippen MR) is 140 cm³/mol. The van der Waals surface area contributed by atoms with Crippen LogP contribution in [0.15, 0.2) is 81.1 Å². The van der Waals surface area contributed by atoms with Gasteiger partial charge in [-0.2, -0.15) is 0 Å². The van der Waals surface area contributed by atoms with Gasteiger partial charge in [-0.05, 0) is 87.4 Å². The molecule has 4 rings (SSSR count). The summed E-state index contributed by atoms with van der Waals surface area (Å²) in [5.74, 6) is -0.687. The van der Waals surface area contributed by atoms with Gasteiger partial charge in [0.15, 0.2) is 5.17 Å². The molecule has 3 aromatic rings. The number of carboxylic acids is 1. The van der Waals surface area contributed by atoms with Crippen LogP contribution < -0.4 is 4.74 Å². The van der Waals surface area contributed by atoms with Gasteiger partial charge in [-0.3, -0.25) is 19.8 Å². The predicted octanol–water partition coefficient (Wildman–Crippen LogP) is 5.87. The first kappa shape index (κ1) is 25.1. The number of amidine groups is 1. The number of aliphatic imine (C=N–C) groups is 1. The molecule has 0 aromatic heterocycles. The molecule has 0 spiro atoms. The van der Waals surface area contributed by atoms with E-state index in [9.17, 15) is 19.7 Å². The second-order valence-electron chi connectivity index (χ2n) is 7.63. The summed E-state index contributed by atoms with van der Waals surface area (Å²) in [6.07, 6.45) is 1.74. The lowest BCUT2D eigenvalue weighted by Crippen LogP contribution is -2.23. The maximum absolute atomic E-state index is 12.7. The normalized spacial score (nSPS) is 15.5. The molecule has 1 heterocycles. The number of ether oxygens (including phenoxy) is 1. The molecule has 182 valence electrons. The average molecular weight is 568 g/mol. The van der Waals surface area contributed by atoms with E-state index >= 15 is 0 Å². The average Bonchev–Trinajstić information content (AvgIpc) is 3.11. The highest BCUT2D eigenvalue weighted by molar-refractivity contribution is 9.10. The number of thioether (sulfide) groups is 1. The minimum atomic E-state index is -1.05. The SMILES string of the molecule is CN1C(=O)/C(=C/c2ccc(OCc3ccc([N+](=O)[O-])cc3)c(Br)c2)SC1=Nc1cccc(C(=O)O)c1. The largest absolute Gasteiger partial charge is 0.488 e. The molecule has 3 aromatic carbocycles. The number of carbonyl (C=O) groups is 2. The van der Waals surface area contributed by atoms with Crippen LogP contribution in [-0.2, 0) is 11.4 Å². The fourth-order valence-corrected chi connectivity index (χ4v) is 4.72. The van der Waals surface area contributed by atoms with Crippen LogP contribution in [0.4, 0.5) is 11.4 Å². The van der Waals surface area contributed by atoms with Crippen molar-refractivity contribution in [2.75, 3.05) is 7.05 Å². The first-order valence-electron chi connectivity index (χ1n) is 10.5. The molecule has 0 bridgehead atoms. The van der Waals surface area contributed by atoms with Gasteiger partial charge in [0.1, 0.15) is 12.4 Å². The highest BCUT2D eigenvalue weighted by atomic mass is 79.9. The molecule has 1 aliphatic rings. The van der Waals surface area contributed by atoms with Crippen LogP contribution >= 0.6 is 27.7 Å². The summed E-state index contributed by atoms with van der Waals surface area (Å²) in [4.78, 5) is 40.6. The lowest BCUT2D eigenvalue weighted by Gasteiger charge is -2.09. The standard InChI is InChI=1S/C25H18BrN3O6S/c1-28-23(30)22(36-25(28)27-18-4-2-3-17(13-18)24(31)32)12-16-7-10-21(20(26)11-16)35-14-15-5-8-19(9-6-15)29(33)34/h2-13H,14H2,1H3,(H,31,32)/b22-12-,27-25?. The fraction of sp³-hybridized carbons (Fsp3) is 0.0800. The molecule has 36 heavy (non-hydrogen) atoms. The number of rotatable bonds is 7. The smallest absolute Gasteiger partial charge is 0.335 e. The zero-order chi connectivity index (χ0) is 25.8. The third-order valence-corrected chi connectivity index (χ3v) is 6.80. The number of carboxylic acid groups (broad SMARTS) is 1. The van der Waals surface area contributed by atoms with E-state index < -0.39 is 10.9 Å². The molecule has 1 amide bonds. The van der Waals surface area contributed by atoms with Crippen molar-refractivity contribution in [3.63, 3.8) is 0 Å². The van der Waals surface area contributed by atoms with Gasteiger partial charge in [0.05, 0.1) is 25.6 Å². The van der Waals surface area contributed by atoms with E-state index in [1.165, 1.54) is 40.9 Å². The third kappa shape index (κ3) is 5.81. The van der Waals surface area contributed by atoms with Gasteiger partial charge in [-0.15, -0.1) is 0 Å². The van der Waals surface area contributed by atoms with Crippen molar-refractivity contribution in [2.45, 2.75) is 6.61 Å². The Kier molecular flexibility index (Phi) is 7.51. The van der Waals surface area contributed by atoms with Crippen molar-refractivity contribution < 1.29 is 24.4 Å². The monoisotopic (exact) mass is 567 g/mol. The first-order chi connectivity index (χ1) is 17.2. The Morgan fingerprint density at radius 1 is 1.19 bits per heavy atom. The number of nitro benzene ring substituents is 1. The number of halogens is 1. The molecule has 0 aliphatic carbocycles. The molecule has 1 aliphatic heterocycles. The minimum Gasteiger partial charge on any atom is -0.488 e. The Hall–Kier alpha value is -3.96. The molecule has 0 unspecified atom stereocenters. The summed E-state index contributed by atoms with van der Waals surface area (Å²) in [6, 6.07) is 17.7. The van der Waals surface area contributed by atoms with Crippen molar-refractivity contribution in [2.24, 2.45) is 4.99 Å². The van der Waals surface area contributed by atoms with E-state index in [-0.39, 0.29) is 23.8 Å². The van der Waals surface area contributed by atoms with Gasteiger partial charge in [0.25, 0.3) is 11.6 Å². The van der Waals surface area contributed by atoms with Gasteiger partial charge < -0.3 is 9.84 Å². The highest BCUT2D eigenvalue weighted by Gasteiger charge is 2.30. The number of amides is 1. The number of carbonyl (C=O) groups excluding carboxylic acids is 1. The van der Waals surface area contributed by atoms with Crippen LogP contribution in [0.2, 0.25) is 0 Å². The Morgan fingerprint density at radius 2 is 1.94 bits per heavy atom. The molecule has 9 nitrogen and oxygen atoms in total. The first-order valence-corrected chi connectivity index (χ1v) is 12.1. The number of nitrogens with zero attached hydrogens (tertiary/aromatic N) is 3. The van der Waals surface area contributed by atoms with Crippen LogP contribution in [0.25, 0.3) is 6.08 Å². The van der Waals surface area contributed by atoms with Crippen molar-refractivity contribution >= 4 is 62.2 Å². The summed E-state index contributed by atoms with van der Waals surface area (Å²) in [7, 11) is 1.61. The Morgan fingerprint density at radius 3 is 2.61 bits per heavy atom. The van der Waals surface area contributed by atoms with Gasteiger partial charge in [0, 0.05) is 19.2 Å². The Bertz CT molecular complexity index is 1420. The Balaban J connectivity index is 1.47. The zero-order valence-corrected chi connectivity index (χ0v) is 21.2. The quantitative estimate of drug-likeness (QED) is 0.215. The molecule has 1 N–H and O–H groups in total. The van der Waals surface area contributed by atoms with Crippen LogP contribution in [0.3, 0.4) is 0 Å². The molecular formula is C25H18BrN3O6S. The second kappa shape index (κ2) is 10.8. The number of hydrogen-bond donors (Lipinski definition) is 1. The molecule has 0 saturated carbocycles. The van der Waals surface area contributed by atoms with E-state index in [0.29, 0.717) is 26.0 Å². The second-order valence-corrected chi connectivity index (χ2v) is 9.49. The summed E-state index contributed by atoms with van der Waals surface area (Å²) in [6.45, 7) is 0.235. The zero-order valence-electron chi connectivity index (χ0n) is 18.8. The van der Waals surface area contributed by atoms with Crippen LogP contribution in [0.1, 0.15) is 21.5 Å². The van der Waals surface area contributed by atoms with Gasteiger partial charge >= 0.3 is 5.97 Å². The van der Waals surface area contributed by atoms with Crippen LogP contribution in [0.5, 0.6) is 5.75 Å². The lowest BCUT2D eigenvalue weighted by atomic mass is 10.2. The van der Waals surface area contributed by atoms with E-state index in [0.717, 1.165) is 11.1 Å². The number of benzene rings is 3. The van der Waals surface area contributed by atoms with E-state index in [4.69, 9.17) is 9.84 Å². The summed E-state index contributed by atoms with van der Waals surface area (Å²) in [5, 5.41) is 20.4. The van der Waals surface area contributed by atoms with Gasteiger partial charge in [0.2, 0.25) is 0 Å². The highest BCUT2D eigenvalue weighted by Crippen LogP contribution is 2.35. The fourth-order valence-electron chi connectivity index (χ4n) is 3.22. The van der Waals surface area contributed by atoms with E-state index in [2.05, 4.69) is 20.9 Å². The summed E-state index contributed by atoms with van der Waals surface area (Å²) < 4.78 is 6.50. The molecular weight excluding hydrogens is 550 g/mol. The molecule has 0 atom stereocenters. The van der Waals surface area contributed by atoms with Gasteiger partial charge in [-0.1, -0.05) is 12.1 Å². The number of hydrogen-bond acceptors (Lipinski definition) is 7. The minimum absolute atomic E-state index is 0.0178. The van der Waals surface area contributed by atoms with Crippen molar-refractivity contribution in [1.29, 1.82) is 0 Å². The third-order valence-electron chi connectivity index (χ3n) is 5.12. The Labute approximate surface area is 218 Å². The van der Waals surface area contributed by atoms with Crippen LogP contribution in [0, 0.1) is 10.1 Å². The molecule has 0 radical (unpaired) electrons. The van der Waals surface area contributed by atoms with Crippen molar-refractivity contribution in [3.05, 3.63) is 103 Å². The molecule has 11 heteroatoms. The summed E-state index contributed by atoms with van der Waals surface area (Å²) >= 11 is 4.68. The number of aromatic carboxylic acids is 1.